The van der Waals surface area contributed by atoms with E-state index in [2.05, 4.69) is 20.0 Å². The van der Waals surface area contributed by atoms with Gasteiger partial charge in [0.05, 0.1) is 13.0 Å². The van der Waals surface area contributed by atoms with Crippen LogP contribution in [-0.2, 0) is 28.7 Å². The van der Waals surface area contributed by atoms with Crippen molar-refractivity contribution in [2.45, 2.75) is 39.0 Å². The van der Waals surface area contributed by atoms with E-state index in [0.29, 0.717) is 0 Å². The van der Waals surface area contributed by atoms with Crippen LogP contribution in [0.5, 0.6) is 0 Å². The number of nitrogens with zero attached hydrogens (tertiary/aromatic N) is 3. The van der Waals surface area contributed by atoms with E-state index in [0.717, 1.165) is 10.5 Å². The normalized spacial score (nSPS) is 12.7. The number of benzene rings is 1. The quantitative estimate of drug-likeness (QED) is 0.774. The third-order valence-electron chi connectivity index (χ3n) is 3.93. The van der Waals surface area contributed by atoms with Gasteiger partial charge in [-0.1, -0.05) is 49.3 Å². The number of carbonyl (C=O) groups excluding carboxylic acids is 2. The van der Waals surface area contributed by atoms with E-state index < -0.39 is 23.9 Å². The number of rotatable bonds is 7. The largest absolute Gasteiger partial charge is 0.455 e. The number of carbonyl (C=O) groups is 2. The molecule has 1 heterocycles. The Hall–Kier alpha value is -2.91. The molecule has 1 unspecified atom stereocenters. The Morgan fingerprint density at radius 3 is 2.39 bits per heavy atom. The maximum atomic E-state index is 12.7. The molecule has 7 nitrogen and oxygen atoms in total. The number of nitrogens with one attached hydrogen (secondary N) is 1. The van der Waals surface area contributed by atoms with Gasteiger partial charge in [0.1, 0.15) is 6.04 Å². The molecule has 1 atom stereocenters. The van der Waals surface area contributed by atoms with Crippen LogP contribution < -0.4 is 5.32 Å². The predicted octanol–water partition coefficient (Wildman–Crippen LogP) is 2.43. The van der Waals surface area contributed by atoms with Crippen molar-refractivity contribution in [1.82, 2.24) is 20.4 Å². The van der Waals surface area contributed by atoms with Gasteiger partial charge in [0, 0.05) is 7.05 Å². The standard InChI is InChI=1S/C18H21F3N4O3/c1-11(2)15(22-13(26)9-12-7-5-4-6-8-12)16(27)25(3)10-14-23-17(24-28-14)18(19,20)21/h4-8,11,15H,9-10H2,1-3H3,(H,22,26). The van der Waals surface area contributed by atoms with Crippen LogP contribution >= 0.6 is 0 Å². The van der Waals surface area contributed by atoms with Crippen molar-refractivity contribution in [3.8, 4) is 0 Å². The summed E-state index contributed by atoms with van der Waals surface area (Å²) in [6, 6.07) is 8.20. The van der Waals surface area contributed by atoms with Gasteiger partial charge in [0.15, 0.2) is 0 Å². The molecule has 0 aliphatic rings. The number of hydrogen-bond donors (Lipinski definition) is 1. The van der Waals surface area contributed by atoms with Gasteiger partial charge in [0.25, 0.3) is 5.82 Å². The van der Waals surface area contributed by atoms with Crippen molar-refractivity contribution in [2.75, 3.05) is 7.05 Å². The molecule has 0 aliphatic heterocycles. The van der Waals surface area contributed by atoms with Crippen LogP contribution in [0.4, 0.5) is 13.2 Å². The summed E-state index contributed by atoms with van der Waals surface area (Å²) in [5.74, 6) is -2.78. The third kappa shape index (κ3) is 5.80. The summed E-state index contributed by atoms with van der Waals surface area (Å²) in [4.78, 5) is 29.3. The van der Waals surface area contributed by atoms with Crippen molar-refractivity contribution in [3.63, 3.8) is 0 Å². The molecule has 0 saturated carbocycles. The molecule has 0 radical (unpaired) electrons. The van der Waals surface area contributed by atoms with Crippen LogP contribution in [0.2, 0.25) is 0 Å². The van der Waals surface area contributed by atoms with Crippen molar-refractivity contribution in [2.24, 2.45) is 5.92 Å². The van der Waals surface area contributed by atoms with Gasteiger partial charge >= 0.3 is 6.18 Å². The third-order valence-corrected chi connectivity index (χ3v) is 3.93. The zero-order valence-corrected chi connectivity index (χ0v) is 15.7. The number of halogens is 3. The van der Waals surface area contributed by atoms with Crippen LogP contribution in [0.15, 0.2) is 34.9 Å². The smallest absolute Gasteiger partial charge is 0.344 e. The topological polar surface area (TPSA) is 88.3 Å². The highest BCUT2D eigenvalue weighted by atomic mass is 19.4. The summed E-state index contributed by atoms with van der Waals surface area (Å²) in [7, 11) is 1.39. The average molecular weight is 398 g/mol. The molecule has 28 heavy (non-hydrogen) atoms. The summed E-state index contributed by atoms with van der Waals surface area (Å²) in [6.07, 6.45) is -4.62. The molecule has 152 valence electrons. The lowest BCUT2D eigenvalue weighted by atomic mass is 10.0. The molecule has 0 aliphatic carbocycles. The highest BCUT2D eigenvalue weighted by Crippen LogP contribution is 2.26. The van der Waals surface area contributed by atoms with Gasteiger partial charge in [-0.2, -0.15) is 18.2 Å². The Kier molecular flexibility index (Phi) is 6.76. The molecule has 0 fully saturated rings. The highest BCUT2D eigenvalue weighted by molar-refractivity contribution is 5.88. The van der Waals surface area contributed by atoms with E-state index in [1.165, 1.54) is 7.05 Å². The molecular weight excluding hydrogens is 377 g/mol. The first-order chi connectivity index (χ1) is 13.1. The van der Waals surface area contributed by atoms with Crippen LogP contribution in [0, 0.1) is 5.92 Å². The second-order valence-electron chi connectivity index (χ2n) is 6.66. The number of aromatic nitrogens is 2. The van der Waals surface area contributed by atoms with E-state index in [4.69, 9.17) is 0 Å². The molecule has 2 aromatic rings. The van der Waals surface area contributed by atoms with Crippen LogP contribution in [0.3, 0.4) is 0 Å². The summed E-state index contributed by atoms with van der Waals surface area (Å²) in [5.41, 5.74) is 0.800. The second-order valence-corrected chi connectivity index (χ2v) is 6.66. The van der Waals surface area contributed by atoms with Crippen molar-refractivity contribution < 1.29 is 27.3 Å². The molecule has 1 aromatic carbocycles. The van der Waals surface area contributed by atoms with E-state index in [1.807, 2.05) is 6.07 Å². The van der Waals surface area contributed by atoms with Crippen molar-refractivity contribution in [3.05, 3.63) is 47.6 Å². The van der Waals surface area contributed by atoms with Crippen molar-refractivity contribution in [1.29, 1.82) is 0 Å². The molecule has 1 N–H and O–H groups in total. The van der Waals surface area contributed by atoms with Gasteiger partial charge in [-0.05, 0) is 11.5 Å². The lowest BCUT2D eigenvalue weighted by Gasteiger charge is -2.26. The molecule has 0 bridgehead atoms. The monoisotopic (exact) mass is 398 g/mol. The van der Waals surface area contributed by atoms with Gasteiger partial charge < -0.3 is 14.7 Å². The number of alkyl halides is 3. The first-order valence-electron chi connectivity index (χ1n) is 8.56. The van der Waals surface area contributed by atoms with Gasteiger partial charge in [-0.25, -0.2) is 0 Å². The average Bonchev–Trinajstić information content (AvgIpc) is 3.08. The fourth-order valence-corrected chi connectivity index (χ4v) is 2.47. The zero-order valence-electron chi connectivity index (χ0n) is 15.7. The van der Waals surface area contributed by atoms with Gasteiger partial charge in [-0.15, -0.1) is 0 Å². The minimum atomic E-state index is -4.73. The predicted molar refractivity (Wildman–Crippen MR) is 92.7 cm³/mol. The first kappa shape index (κ1) is 21.4. The minimum absolute atomic E-state index is 0.111. The molecule has 0 saturated heterocycles. The number of amides is 2. The van der Waals surface area contributed by atoms with Crippen molar-refractivity contribution >= 4 is 11.8 Å². The molecule has 2 rings (SSSR count). The lowest BCUT2D eigenvalue weighted by Crippen LogP contribution is -2.50. The Bertz CT molecular complexity index is 806. The molecule has 2 amide bonds. The number of hydrogen-bond acceptors (Lipinski definition) is 5. The summed E-state index contributed by atoms with van der Waals surface area (Å²) in [5, 5.41) is 5.54. The van der Waals surface area contributed by atoms with E-state index >= 15 is 0 Å². The van der Waals surface area contributed by atoms with E-state index in [-0.39, 0.29) is 30.7 Å². The van der Waals surface area contributed by atoms with Crippen LogP contribution in [0.25, 0.3) is 0 Å². The molecule has 1 aromatic heterocycles. The Balaban J connectivity index is 2.01. The summed E-state index contributed by atoms with van der Waals surface area (Å²) in [6.45, 7) is 3.21. The van der Waals surface area contributed by atoms with Gasteiger partial charge in [-0.3, -0.25) is 9.59 Å². The lowest BCUT2D eigenvalue weighted by molar-refractivity contribution is -0.146. The fourth-order valence-electron chi connectivity index (χ4n) is 2.47. The summed E-state index contributed by atoms with van der Waals surface area (Å²) >= 11 is 0. The molecule has 10 heteroatoms. The second kappa shape index (κ2) is 8.85. The Morgan fingerprint density at radius 1 is 1.21 bits per heavy atom. The van der Waals surface area contributed by atoms with Crippen LogP contribution in [-0.4, -0.2) is 39.9 Å². The SMILES string of the molecule is CC(C)C(NC(=O)Cc1ccccc1)C(=O)N(C)Cc1nc(C(F)(F)F)no1. The summed E-state index contributed by atoms with van der Waals surface area (Å²) < 4.78 is 42.2. The minimum Gasteiger partial charge on any atom is -0.344 e. The first-order valence-corrected chi connectivity index (χ1v) is 8.56. The Morgan fingerprint density at radius 2 is 1.86 bits per heavy atom. The maximum absolute atomic E-state index is 12.7. The molecule has 0 spiro atoms. The fraction of sp³-hybridized carbons (Fsp3) is 0.444. The van der Waals surface area contributed by atoms with E-state index in [9.17, 15) is 22.8 Å². The Labute approximate surface area is 159 Å². The molecular formula is C18H21F3N4O3. The van der Waals surface area contributed by atoms with Crippen LogP contribution in [0.1, 0.15) is 31.1 Å². The number of likely N-dealkylation sites (N-methyl/N-ethyl adjacent to an activating group) is 1. The maximum Gasteiger partial charge on any atom is 0.455 e. The zero-order chi connectivity index (χ0) is 20.9. The van der Waals surface area contributed by atoms with Gasteiger partial charge in [0.2, 0.25) is 17.7 Å². The van der Waals surface area contributed by atoms with E-state index in [1.54, 1.807) is 38.1 Å². The highest BCUT2D eigenvalue weighted by Gasteiger charge is 2.37.